The molecule has 0 spiro atoms. The maximum absolute atomic E-state index is 13.8. The molecule has 1 N–H and O–H groups in total. The van der Waals surface area contributed by atoms with Gasteiger partial charge in [-0.05, 0) is 43.2 Å². The number of rotatable bonds is 8. The van der Waals surface area contributed by atoms with E-state index >= 15 is 0 Å². The summed E-state index contributed by atoms with van der Waals surface area (Å²) in [5.41, 5.74) is 0.804. The summed E-state index contributed by atoms with van der Waals surface area (Å²) in [6.07, 6.45) is 2.49. The van der Waals surface area contributed by atoms with Crippen LogP contribution in [0.25, 0.3) is 0 Å². The Kier molecular flexibility index (Phi) is 7.23. The molecule has 160 valence electrons. The summed E-state index contributed by atoms with van der Waals surface area (Å²) in [5, 5.41) is 2.86. The number of amides is 1. The number of carbonyl (C=O) groups excluding carboxylic acids is 1. The summed E-state index contributed by atoms with van der Waals surface area (Å²) in [7, 11) is -3.64. The molecule has 8 heteroatoms. The standard InChI is InChI=1S/C22H25FN2O4S/c1-2-15-29-20-9-7-19(8-10-20)24-22(26)17-11-13-25(14-12-17)30(27,28)16-18-5-3-4-6-21(18)23/h2-10,17H,1,11-16H2,(H,24,26). The fourth-order valence-electron chi connectivity index (χ4n) is 3.33. The van der Waals surface area contributed by atoms with Crippen LogP contribution in [0.1, 0.15) is 18.4 Å². The predicted octanol–water partition coefficient (Wildman–Crippen LogP) is 3.57. The van der Waals surface area contributed by atoms with Gasteiger partial charge in [0.1, 0.15) is 18.2 Å². The number of anilines is 1. The first-order valence-electron chi connectivity index (χ1n) is 9.75. The number of ether oxygens (including phenoxy) is 1. The van der Waals surface area contributed by atoms with Gasteiger partial charge in [-0.25, -0.2) is 17.1 Å². The lowest BCUT2D eigenvalue weighted by Gasteiger charge is -2.30. The van der Waals surface area contributed by atoms with E-state index in [2.05, 4.69) is 11.9 Å². The van der Waals surface area contributed by atoms with Gasteiger partial charge in [0, 0.05) is 30.3 Å². The highest BCUT2D eigenvalue weighted by Crippen LogP contribution is 2.24. The first kappa shape index (κ1) is 22.0. The summed E-state index contributed by atoms with van der Waals surface area (Å²) in [6.45, 7) is 4.48. The Balaban J connectivity index is 1.52. The molecule has 0 aliphatic carbocycles. The number of halogens is 1. The molecule has 1 fully saturated rings. The van der Waals surface area contributed by atoms with E-state index in [4.69, 9.17) is 4.74 Å². The minimum atomic E-state index is -3.64. The van der Waals surface area contributed by atoms with E-state index in [-0.39, 0.29) is 36.2 Å². The van der Waals surface area contributed by atoms with Crippen LogP contribution in [0, 0.1) is 11.7 Å². The van der Waals surface area contributed by atoms with Crippen LogP contribution >= 0.6 is 0 Å². The molecule has 1 heterocycles. The second kappa shape index (κ2) is 9.86. The summed E-state index contributed by atoms with van der Waals surface area (Å²) < 4.78 is 45.8. The number of hydrogen-bond donors (Lipinski definition) is 1. The maximum atomic E-state index is 13.8. The number of piperidine rings is 1. The van der Waals surface area contributed by atoms with Crippen LogP contribution in [0.3, 0.4) is 0 Å². The Hall–Kier alpha value is -2.71. The first-order chi connectivity index (χ1) is 14.4. The van der Waals surface area contributed by atoms with E-state index in [9.17, 15) is 17.6 Å². The Morgan fingerprint density at radius 1 is 1.17 bits per heavy atom. The molecule has 6 nitrogen and oxygen atoms in total. The van der Waals surface area contributed by atoms with E-state index < -0.39 is 15.8 Å². The number of carbonyl (C=O) groups is 1. The third kappa shape index (κ3) is 5.67. The third-order valence-electron chi connectivity index (χ3n) is 5.00. The zero-order valence-corrected chi connectivity index (χ0v) is 17.4. The van der Waals surface area contributed by atoms with Crippen molar-refractivity contribution < 1.29 is 22.3 Å². The molecule has 1 aliphatic heterocycles. The Morgan fingerprint density at radius 2 is 1.83 bits per heavy atom. The van der Waals surface area contributed by atoms with Gasteiger partial charge in [0.05, 0.1) is 5.75 Å². The monoisotopic (exact) mass is 432 g/mol. The van der Waals surface area contributed by atoms with Crippen LogP contribution in [0.15, 0.2) is 61.2 Å². The van der Waals surface area contributed by atoms with Crippen LogP contribution in [-0.2, 0) is 20.6 Å². The van der Waals surface area contributed by atoms with E-state index in [1.165, 1.54) is 22.5 Å². The van der Waals surface area contributed by atoms with Crippen molar-refractivity contribution in [2.45, 2.75) is 18.6 Å². The number of benzene rings is 2. The highest BCUT2D eigenvalue weighted by atomic mass is 32.2. The molecule has 1 amide bonds. The summed E-state index contributed by atoms with van der Waals surface area (Å²) in [4.78, 5) is 12.5. The highest BCUT2D eigenvalue weighted by Gasteiger charge is 2.31. The first-order valence-corrected chi connectivity index (χ1v) is 11.4. The summed E-state index contributed by atoms with van der Waals surface area (Å²) in [5.74, 6) is -0.642. The molecule has 0 unspecified atom stereocenters. The lowest BCUT2D eigenvalue weighted by atomic mass is 9.97. The fraction of sp³-hybridized carbons (Fsp3) is 0.318. The molecule has 1 aliphatic rings. The van der Waals surface area contributed by atoms with Crippen molar-refractivity contribution in [3.05, 3.63) is 72.6 Å². The number of hydrogen-bond acceptors (Lipinski definition) is 4. The normalized spacial score (nSPS) is 15.5. The van der Waals surface area contributed by atoms with Gasteiger partial charge in [-0.1, -0.05) is 30.9 Å². The molecular formula is C22H25FN2O4S. The van der Waals surface area contributed by atoms with Gasteiger partial charge in [-0.15, -0.1) is 0 Å². The second-order valence-corrected chi connectivity index (χ2v) is 9.10. The van der Waals surface area contributed by atoms with Crippen molar-refractivity contribution in [1.29, 1.82) is 0 Å². The molecule has 30 heavy (non-hydrogen) atoms. The van der Waals surface area contributed by atoms with Crippen molar-refractivity contribution in [3.8, 4) is 5.75 Å². The Morgan fingerprint density at radius 3 is 2.47 bits per heavy atom. The van der Waals surface area contributed by atoms with Crippen molar-refractivity contribution in [2.24, 2.45) is 5.92 Å². The van der Waals surface area contributed by atoms with Crippen molar-refractivity contribution in [1.82, 2.24) is 4.31 Å². The summed E-state index contributed by atoms with van der Waals surface area (Å²) >= 11 is 0. The smallest absolute Gasteiger partial charge is 0.227 e. The molecule has 0 saturated carbocycles. The van der Waals surface area contributed by atoms with Crippen LogP contribution in [0.5, 0.6) is 5.75 Å². The third-order valence-corrected chi connectivity index (χ3v) is 6.83. The molecule has 0 atom stereocenters. The van der Waals surface area contributed by atoms with E-state index in [0.29, 0.717) is 30.9 Å². The average Bonchev–Trinajstić information content (AvgIpc) is 2.75. The van der Waals surface area contributed by atoms with Crippen LogP contribution in [0.4, 0.5) is 10.1 Å². The SMILES string of the molecule is C=CCOc1ccc(NC(=O)C2CCN(S(=O)(=O)Cc3ccccc3F)CC2)cc1. The van der Waals surface area contributed by atoms with Gasteiger partial charge in [0.25, 0.3) is 0 Å². The molecule has 3 rings (SSSR count). The topological polar surface area (TPSA) is 75.7 Å². The largest absolute Gasteiger partial charge is 0.490 e. The summed E-state index contributed by atoms with van der Waals surface area (Å²) in [6, 6.07) is 12.9. The Labute approximate surface area is 176 Å². The molecule has 0 aromatic heterocycles. The minimum Gasteiger partial charge on any atom is -0.490 e. The number of nitrogens with zero attached hydrogens (tertiary/aromatic N) is 1. The lowest BCUT2D eigenvalue weighted by Crippen LogP contribution is -2.42. The van der Waals surface area contributed by atoms with Gasteiger partial charge in [0.2, 0.25) is 15.9 Å². The zero-order valence-electron chi connectivity index (χ0n) is 16.6. The van der Waals surface area contributed by atoms with E-state index in [1.807, 2.05) is 0 Å². The Bertz CT molecular complexity index is 984. The molecular weight excluding hydrogens is 407 g/mol. The van der Waals surface area contributed by atoms with Crippen molar-refractivity contribution >= 4 is 21.6 Å². The van der Waals surface area contributed by atoms with Gasteiger partial charge in [-0.3, -0.25) is 4.79 Å². The number of nitrogens with one attached hydrogen (secondary N) is 1. The number of sulfonamides is 1. The lowest BCUT2D eigenvalue weighted by molar-refractivity contribution is -0.120. The van der Waals surface area contributed by atoms with E-state index in [1.54, 1.807) is 36.4 Å². The maximum Gasteiger partial charge on any atom is 0.227 e. The van der Waals surface area contributed by atoms with E-state index in [0.717, 1.165) is 0 Å². The van der Waals surface area contributed by atoms with Crippen LogP contribution in [0.2, 0.25) is 0 Å². The average molecular weight is 433 g/mol. The molecule has 0 bridgehead atoms. The molecule has 2 aromatic rings. The highest BCUT2D eigenvalue weighted by molar-refractivity contribution is 7.88. The quantitative estimate of drug-likeness (QED) is 0.647. The predicted molar refractivity (Wildman–Crippen MR) is 114 cm³/mol. The molecule has 1 saturated heterocycles. The van der Waals surface area contributed by atoms with Crippen LogP contribution in [-0.4, -0.2) is 38.3 Å². The van der Waals surface area contributed by atoms with Gasteiger partial charge in [0.15, 0.2) is 0 Å². The minimum absolute atomic E-state index is 0.138. The molecule has 2 aromatic carbocycles. The van der Waals surface area contributed by atoms with Gasteiger partial charge < -0.3 is 10.1 Å². The fourth-order valence-corrected chi connectivity index (χ4v) is 4.91. The second-order valence-electron chi connectivity index (χ2n) is 7.13. The van der Waals surface area contributed by atoms with Gasteiger partial charge in [-0.2, -0.15) is 0 Å². The van der Waals surface area contributed by atoms with Crippen LogP contribution < -0.4 is 10.1 Å². The zero-order chi connectivity index (χ0) is 21.6. The van der Waals surface area contributed by atoms with Crippen molar-refractivity contribution in [3.63, 3.8) is 0 Å². The van der Waals surface area contributed by atoms with Crippen molar-refractivity contribution in [2.75, 3.05) is 25.0 Å². The molecule has 0 radical (unpaired) electrons. The van der Waals surface area contributed by atoms with Gasteiger partial charge >= 0.3 is 0 Å².